The number of aromatic nitrogens is 4. The molecule has 1 N–H and O–H groups in total. The second-order valence-electron chi connectivity index (χ2n) is 9.65. The first-order chi connectivity index (χ1) is 18.8. The molecule has 7 nitrogen and oxygen atoms in total. The number of aryl methyl sites for hydroxylation is 1. The van der Waals surface area contributed by atoms with E-state index >= 15 is 0 Å². The van der Waals surface area contributed by atoms with Crippen molar-refractivity contribution in [2.24, 2.45) is 5.92 Å². The number of halogens is 3. The van der Waals surface area contributed by atoms with Crippen LogP contribution in [0.3, 0.4) is 0 Å². The minimum Gasteiger partial charge on any atom is -0.298 e. The highest BCUT2D eigenvalue weighted by Crippen LogP contribution is 2.35. The molecule has 39 heavy (non-hydrogen) atoms. The molecule has 0 radical (unpaired) electrons. The van der Waals surface area contributed by atoms with Gasteiger partial charge in [-0.15, -0.1) is 16.4 Å². The van der Waals surface area contributed by atoms with E-state index in [0.29, 0.717) is 41.3 Å². The van der Waals surface area contributed by atoms with Crippen LogP contribution in [0.1, 0.15) is 57.7 Å². The van der Waals surface area contributed by atoms with Gasteiger partial charge in [-0.2, -0.15) is 18.4 Å². The van der Waals surface area contributed by atoms with Gasteiger partial charge in [0.1, 0.15) is 5.69 Å². The van der Waals surface area contributed by atoms with E-state index in [4.69, 9.17) is 5.26 Å². The van der Waals surface area contributed by atoms with Crippen molar-refractivity contribution in [3.05, 3.63) is 82.0 Å². The van der Waals surface area contributed by atoms with E-state index in [-0.39, 0.29) is 18.2 Å². The summed E-state index contributed by atoms with van der Waals surface area (Å²) in [7, 11) is 0. The van der Waals surface area contributed by atoms with Crippen LogP contribution in [-0.4, -0.2) is 32.1 Å². The number of nitrogens with one attached hydrogen (secondary N) is 1. The van der Waals surface area contributed by atoms with Crippen LogP contribution >= 0.6 is 11.3 Å². The van der Waals surface area contributed by atoms with Crippen molar-refractivity contribution in [3.63, 3.8) is 0 Å². The number of carbonyl (C=O) groups excluding carboxylic acids is 1. The summed E-state index contributed by atoms with van der Waals surface area (Å²) in [5.41, 5.74) is 4.40. The molecule has 2 heterocycles. The van der Waals surface area contributed by atoms with Gasteiger partial charge < -0.3 is 0 Å². The molecule has 5 rings (SSSR count). The molecule has 0 fully saturated rings. The minimum absolute atomic E-state index is 0.146. The standard InChI is InChI=1S/C28H25F3N6OS/c29-28(30,31)12-2-4-18-8-11-23-25(14-18)39-27(33-23)34-26(38)22-5-1-3-20(13-22)16-37-17-24(35-36-37)21-9-6-19(15-32)7-10-21/h1,3,5-7,9-10,13,17-18H,2,4,8,11-12,14,16H2,(H,33,34,38)/t18-/m0/s1. The summed E-state index contributed by atoms with van der Waals surface area (Å²) in [6, 6.07) is 16.4. The predicted molar refractivity (Wildman–Crippen MR) is 141 cm³/mol. The lowest BCUT2D eigenvalue weighted by molar-refractivity contribution is -0.136. The number of benzene rings is 2. The summed E-state index contributed by atoms with van der Waals surface area (Å²) in [5.74, 6) is -0.0590. The number of anilines is 1. The van der Waals surface area contributed by atoms with Crippen LogP contribution in [0.15, 0.2) is 54.7 Å². The van der Waals surface area contributed by atoms with Gasteiger partial charge in [-0.25, -0.2) is 9.67 Å². The average Bonchev–Trinajstić information content (AvgIpc) is 3.54. The monoisotopic (exact) mass is 550 g/mol. The van der Waals surface area contributed by atoms with Crippen LogP contribution in [0.2, 0.25) is 0 Å². The van der Waals surface area contributed by atoms with Crippen LogP contribution in [0.25, 0.3) is 11.3 Å². The molecule has 1 aliphatic carbocycles. The fourth-order valence-corrected chi connectivity index (χ4v) is 5.84. The number of thiazole rings is 1. The maximum Gasteiger partial charge on any atom is 0.389 e. The van der Waals surface area contributed by atoms with Gasteiger partial charge in [0.25, 0.3) is 5.91 Å². The summed E-state index contributed by atoms with van der Waals surface area (Å²) >= 11 is 1.41. The van der Waals surface area contributed by atoms with Crippen LogP contribution in [0.5, 0.6) is 0 Å². The highest BCUT2D eigenvalue weighted by Gasteiger charge is 2.28. The Labute approximate surface area is 227 Å². The number of rotatable bonds is 8. The summed E-state index contributed by atoms with van der Waals surface area (Å²) in [4.78, 5) is 18.6. The zero-order valence-electron chi connectivity index (χ0n) is 20.9. The highest BCUT2D eigenvalue weighted by atomic mass is 32.1. The lowest BCUT2D eigenvalue weighted by atomic mass is 9.87. The number of carbonyl (C=O) groups is 1. The van der Waals surface area contributed by atoms with Gasteiger partial charge in [-0.1, -0.05) is 29.5 Å². The molecule has 1 aliphatic rings. The van der Waals surface area contributed by atoms with Crippen LogP contribution < -0.4 is 5.32 Å². The van der Waals surface area contributed by atoms with Gasteiger partial charge in [0.2, 0.25) is 0 Å². The third-order valence-electron chi connectivity index (χ3n) is 6.72. The van der Waals surface area contributed by atoms with Gasteiger partial charge in [-0.3, -0.25) is 10.1 Å². The molecular weight excluding hydrogens is 525 g/mol. The van der Waals surface area contributed by atoms with Crippen molar-refractivity contribution in [1.82, 2.24) is 20.0 Å². The predicted octanol–water partition coefficient (Wildman–Crippen LogP) is 6.41. The summed E-state index contributed by atoms with van der Waals surface area (Å²) in [6.07, 6.45) is -0.101. The summed E-state index contributed by atoms with van der Waals surface area (Å²) in [5, 5.41) is 20.7. The smallest absolute Gasteiger partial charge is 0.298 e. The molecule has 0 aliphatic heterocycles. The normalized spacial score (nSPS) is 15.0. The molecule has 2 aromatic heterocycles. The number of hydrogen-bond donors (Lipinski definition) is 1. The van der Waals surface area contributed by atoms with Gasteiger partial charge in [0, 0.05) is 22.4 Å². The van der Waals surface area contributed by atoms with E-state index < -0.39 is 12.6 Å². The van der Waals surface area contributed by atoms with Crippen molar-refractivity contribution in [2.75, 3.05) is 5.32 Å². The maximum atomic E-state index is 13.0. The molecule has 2 aromatic carbocycles. The quantitative estimate of drug-likeness (QED) is 0.273. The zero-order chi connectivity index (χ0) is 27.4. The Morgan fingerprint density at radius 3 is 2.79 bits per heavy atom. The molecule has 0 saturated carbocycles. The Kier molecular flexibility index (Phi) is 7.74. The first-order valence-electron chi connectivity index (χ1n) is 12.6. The molecule has 4 aromatic rings. The third kappa shape index (κ3) is 6.89. The molecule has 200 valence electrons. The van der Waals surface area contributed by atoms with Gasteiger partial charge >= 0.3 is 6.18 Å². The first-order valence-corrected chi connectivity index (χ1v) is 13.4. The third-order valence-corrected chi connectivity index (χ3v) is 7.75. The second kappa shape index (κ2) is 11.4. The van der Waals surface area contributed by atoms with Gasteiger partial charge in [0.05, 0.1) is 30.1 Å². The van der Waals surface area contributed by atoms with Crippen LogP contribution in [-0.2, 0) is 19.4 Å². The van der Waals surface area contributed by atoms with E-state index in [1.54, 1.807) is 35.0 Å². The molecule has 0 saturated heterocycles. The fraction of sp³-hybridized carbons (Fsp3) is 0.321. The molecule has 0 unspecified atom stereocenters. The highest BCUT2D eigenvalue weighted by molar-refractivity contribution is 7.15. The van der Waals surface area contributed by atoms with E-state index in [1.165, 1.54) is 11.3 Å². The molecule has 0 spiro atoms. The summed E-state index contributed by atoms with van der Waals surface area (Å²) in [6.45, 7) is 0.422. The maximum absolute atomic E-state index is 13.0. The average molecular weight is 551 g/mol. The number of nitriles is 1. The largest absolute Gasteiger partial charge is 0.389 e. The van der Waals surface area contributed by atoms with E-state index in [9.17, 15) is 18.0 Å². The molecule has 0 bridgehead atoms. The van der Waals surface area contributed by atoms with Crippen molar-refractivity contribution < 1.29 is 18.0 Å². The van der Waals surface area contributed by atoms with Gasteiger partial charge in [0.15, 0.2) is 5.13 Å². The van der Waals surface area contributed by atoms with Crippen LogP contribution in [0, 0.1) is 17.2 Å². The lowest BCUT2D eigenvalue weighted by Crippen LogP contribution is -2.15. The molecule has 1 atom stereocenters. The zero-order valence-corrected chi connectivity index (χ0v) is 21.7. The Morgan fingerprint density at radius 2 is 2.03 bits per heavy atom. The van der Waals surface area contributed by atoms with E-state index in [1.807, 2.05) is 24.4 Å². The van der Waals surface area contributed by atoms with Crippen molar-refractivity contribution in [1.29, 1.82) is 5.26 Å². The minimum atomic E-state index is -4.11. The van der Waals surface area contributed by atoms with E-state index in [0.717, 1.165) is 34.5 Å². The number of fused-ring (bicyclic) bond motifs is 1. The van der Waals surface area contributed by atoms with Crippen LogP contribution in [0.4, 0.5) is 18.3 Å². The Balaban J connectivity index is 1.19. The Hall–Kier alpha value is -4.04. The van der Waals surface area contributed by atoms with Crippen molar-refractivity contribution in [3.8, 4) is 17.3 Å². The number of alkyl halides is 3. The molecule has 11 heteroatoms. The number of hydrogen-bond acceptors (Lipinski definition) is 6. The SMILES string of the molecule is N#Cc1ccc(-c2cn(Cc3cccc(C(=O)Nc4nc5c(s4)C[C@@H](CCCC(F)(F)F)CC5)c3)nn2)cc1. The van der Waals surface area contributed by atoms with Crippen molar-refractivity contribution in [2.45, 2.75) is 51.2 Å². The second-order valence-corrected chi connectivity index (χ2v) is 10.7. The number of nitrogens with zero attached hydrogens (tertiary/aromatic N) is 5. The molecule has 1 amide bonds. The van der Waals surface area contributed by atoms with E-state index in [2.05, 4.69) is 26.7 Å². The topological polar surface area (TPSA) is 96.5 Å². The Bertz CT molecular complexity index is 1500. The number of amides is 1. The summed E-state index contributed by atoms with van der Waals surface area (Å²) < 4.78 is 39.1. The van der Waals surface area contributed by atoms with Crippen molar-refractivity contribution >= 4 is 22.4 Å². The van der Waals surface area contributed by atoms with Gasteiger partial charge in [-0.05, 0) is 67.9 Å². The first kappa shape index (κ1) is 26.6. The Morgan fingerprint density at radius 1 is 1.21 bits per heavy atom. The molecular formula is C28H25F3N6OS. The fourth-order valence-electron chi connectivity index (χ4n) is 4.73. The lowest BCUT2D eigenvalue weighted by Gasteiger charge is -2.21.